The van der Waals surface area contributed by atoms with Gasteiger partial charge in [0.2, 0.25) is 0 Å². The van der Waals surface area contributed by atoms with Crippen LogP contribution in [0.2, 0.25) is 10.0 Å². The van der Waals surface area contributed by atoms with E-state index in [-0.39, 0.29) is 11.7 Å². The molecule has 0 radical (unpaired) electrons. The first-order valence-electron chi connectivity index (χ1n) is 10.9. The Morgan fingerprint density at radius 3 is 2.69 bits per heavy atom. The number of fused-ring (bicyclic) bond motifs is 1. The summed E-state index contributed by atoms with van der Waals surface area (Å²) in [6.45, 7) is 5.49. The van der Waals surface area contributed by atoms with E-state index >= 15 is 0 Å². The SMILES string of the molecule is O=C(NCCCCCN1CCN(c2cccc(Cl)c2Cl)CC1)c1cc2ccc(F)cn2n1. The Morgan fingerprint density at radius 2 is 1.88 bits per heavy atom. The number of pyridine rings is 1. The number of hydrogen-bond donors (Lipinski definition) is 1. The molecule has 1 aliphatic rings. The molecule has 2 aromatic heterocycles. The fraction of sp³-hybridized carbons (Fsp3) is 0.391. The van der Waals surface area contributed by atoms with Crippen molar-refractivity contribution in [2.45, 2.75) is 19.3 Å². The molecule has 1 fully saturated rings. The quantitative estimate of drug-likeness (QED) is 0.485. The van der Waals surface area contributed by atoms with Crippen molar-refractivity contribution in [1.29, 1.82) is 0 Å². The molecule has 0 spiro atoms. The van der Waals surface area contributed by atoms with E-state index in [1.165, 1.54) is 16.8 Å². The Bertz CT molecular complexity index is 1080. The normalized spacial score (nSPS) is 14.8. The summed E-state index contributed by atoms with van der Waals surface area (Å²) in [5.74, 6) is -0.618. The maximum atomic E-state index is 13.3. The van der Waals surface area contributed by atoms with E-state index in [1.807, 2.05) is 18.2 Å². The number of nitrogens with zero attached hydrogens (tertiary/aromatic N) is 4. The number of rotatable bonds is 8. The monoisotopic (exact) mass is 477 g/mol. The standard InChI is InChI=1S/C23H26Cl2FN5O/c24-19-5-4-6-21(22(19)25)30-13-11-29(12-14-30)10-3-1-2-9-27-23(32)20-15-18-8-7-17(26)16-31(18)28-20/h4-8,15-16H,1-3,9-14H2,(H,27,32). The van der Waals surface area contributed by atoms with E-state index in [2.05, 4.69) is 20.2 Å². The number of halogens is 3. The van der Waals surface area contributed by atoms with Gasteiger partial charge >= 0.3 is 0 Å². The van der Waals surface area contributed by atoms with Crippen LogP contribution in [0, 0.1) is 5.82 Å². The molecular weight excluding hydrogens is 452 g/mol. The first-order valence-corrected chi connectivity index (χ1v) is 11.6. The largest absolute Gasteiger partial charge is 0.368 e. The van der Waals surface area contributed by atoms with Crippen LogP contribution < -0.4 is 10.2 Å². The summed E-state index contributed by atoms with van der Waals surface area (Å²) in [5, 5.41) is 8.24. The Balaban J connectivity index is 1.12. The molecule has 32 heavy (non-hydrogen) atoms. The molecule has 1 aliphatic heterocycles. The van der Waals surface area contributed by atoms with Crippen LogP contribution in [-0.4, -0.2) is 59.7 Å². The zero-order valence-electron chi connectivity index (χ0n) is 17.7. The van der Waals surface area contributed by atoms with Crippen LogP contribution in [0.25, 0.3) is 5.52 Å². The average Bonchev–Trinajstić information content (AvgIpc) is 3.22. The molecule has 0 bridgehead atoms. The lowest BCUT2D eigenvalue weighted by atomic mass is 10.2. The van der Waals surface area contributed by atoms with E-state index in [4.69, 9.17) is 23.2 Å². The third-order valence-electron chi connectivity index (χ3n) is 5.74. The average molecular weight is 478 g/mol. The highest BCUT2D eigenvalue weighted by Crippen LogP contribution is 2.32. The first kappa shape index (κ1) is 22.8. The Labute approximate surface area is 196 Å². The van der Waals surface area contributed by atoms with E-state index in [1.54, 1.807) is 12.1 Å². The molecule has 1 saturated heterocycles. The van der Waals surface area contributed by atoms with Crippen molar-refractivity contribution in [1.82, 2.24) is 19.8 Å². The van der Waals surface area contributed by atoms with Gasteiger partial charge < -0.3 is 10.2 Å². The molecule has 3 aromatic rings. The molecule has 4 rings (SSSR count). The molecule has 0 atom stereocenters. The lowest BCUT2D eigenvalue weighted by molar-refractivity contribution is 0.0947. The van der Waals surface area contributed by atoms with Crippen molar-refractivity contribution < 1.29 is 9.18 Å². The summed E-state index contributed by atoms with van der Waals surface area (Å²) in [5.41, 5.74) is 1.99. The molecule has 0 saturated carbocycles. The summed E-state index contributed by atoms with van der Waals surface area (Å²) in [4.78, 5) is 17.0. The lowest BCUT2D eigenvalue weighted by Crippen LogP contribution is -2.46. The van der Waals surface area contributed by atoms with Crippen LogP contribution in [0.1, 0.15) is 29.8 Å². The minimum atomic E-state index is -0.387. The third-order valence-corrected chi connectivity index (χ3v) is 6.55. The fourth-order valence-electron chi connectivity index (χ4n) is 3.95. The van der Waals surface area contributed by atoms with Crippen molar-refractivity contribution >= 4 is 40.3 Å². The number of nitrogens with one attached hydrogen (secondary N) is 1. The highest BCUT2D eigenvalue weighted by atomic mass is 35.5. The molecule has 1 aromatic carbocycles. The Hall–Kier alpha value is -2.35. The number of benzene rings is 1. The van der Waals surface area contributed by atoms with Gasteiger partial charge in [-0.3, -0.25) is 9.69 Å². The summed E-state index contributed by atoms with van der Waals surface area (Å²) in [6.07, 6.45) is 4.29. The van der Waals surface area contributed by atoms with Crippen molar-refractivity contribution in [3.63, 3.8) is 0 Å². The second-order valence-electron chi connectivity index (χ2n) is 7.96. The van der Waals surface area contributed by atoms with Gasteiger partial charge in [-0.1, -0.05) is 35.7 Å². The maximum Gasteiger partial charge on any atom is 0.271 e. The first-order chi connectivity index (χ1) is 15.5. The molecule has 1 N–H and O–H groups in total. The molecule has 9 heteroatoms. The highest BCUT2D eigenvalue weighted by Gasteiger charge is 2.19. The zero-order valence-corrected chi connectivity index (χ0v) is 19.2. The summed E-state index contributed by atoms with van der Waals surface area (Å²) in [6, 6.07) is 10.4. The van der Waals surface area contributed by atoms with Crippen LogP contribution in [0.4, 0.5) is 10.1 Å². The minimum absolute atomic E-state index is 0.232. The van der Waals surface area contributed by atoms with Crippen LogP contribution in [-0.2, 0) is 0 Å². The number of anilines is 1. The summed E-state index contributed by atoms with van der Waals surface area (Å²) >= 11 is 12.5. The topological polar surface area (TPSA) is 52.9 Å². The van der Waals surface area contributed by atoms with Gasteiger partial charge in [-0.2, -0.15) is 5.10 Å². The second-order valence-corrected chi connectivity index (χ2v) is 8.75. The Morgan fingerprint density at radius 1 is 1.06 bits per heavy atom. The Kier molecular flexibility index (Phi) is 7.50. The highest BCUT2D eigenvalue weighted by molar-refractivity contribution is 6.43. The predicted molar refractivity (Wildman–Crippen MR) is 126 cm³/mol. The van der Waals surface area contributed by atoms with E-state index in [9.17, 15) is 9.18 Å². The molecular formula is C23H26Cl2FN5O. The van der Waals surface area contributed by atoms with E-state index in [0.29, 0.717) is 27.8 Å². The van der Waals surface area contributed by atoms with Gasteiger partial charge in [0.25, 0.3) is 5.91 Å². The molecule has 6 nitrogen and oxygen atoms in total. The maximum absolute atomic E-state index is 13.3. The zero-order chi connectivity index (χ0) is 22.5. The van der Waals surface area contributed by atoms with Crippen LogP contribution in [0.5, 0.6) is 0 Å². The van der Waals surface area contributed by atoms with E-state index < -0.39 is 0 Å². The smallest absolute Gasteiger partial charge is 0.271 e. The predicted octanol–water partition coefficient (Wildman–Crippen LogP) is 4.50. The van der Waals surface area contributed by atoms with Crippen LogP contribution in [0.15, 0.2) is 42.6 Å². The number of amides is 1. The third kappa shape index (κ3) is 5.52. The van der Waals surface area contributed by atoms with Gasteiger partial charge in [0.1, 0.15) is 5.82 Å². The molecule has 170 valence electrons. The molecule has 3 heterocycles. The van der Waals surface area contributed by atoms with Gasteiger partial charge in [0.05, 0.1) is 27.4 Å². The lowest BCUT2D eigenvalue weighted by Gasteiger charge is -2.36. The molecule has 0 aliphatic carbocycles. The molecule has 1 amide bonds. The van der Waals surface area contributed by atoms with Crippen molar-refractivity contribution in [3.05, 3.63) is 64.2 Å². The van der Waals surface area contributed by atoms with Gasteiger partial charge in [-0.15, -0.1) is 0 Å². The van der Waals surface area contributed by atoms with Crippen LogP contribution >= 0.6 is 23.2 Å². The van der Waals surface area contributed by atoms with Crippen LogP contribution in [0.3, 0.4) is 0 Å². The molecule has 0 unspecified atom stereocenters. The summed E-state index contributed by atoms with van der Waals surface area (Å²) < 4.78 is 14.6. The summed E-state index contributed by atoms with van der Waals surface area (Å²) in [7, 11) is 0. The number of carbonyl (C=O) groups is 1. The van der Waals surface area contributed by atoms with Crippen molar-refractivity contribution in [2.24, 2.45) is 0 Å². The van der Waals surface area contributed by atoms with E-state index in [0.717, 1.165) is 57.7 Å². The van der Waals surface area contributed by atoms with Gasteiger partial charge in [-0.25, -0.2) is 8.91 Å². The number of carbonyl (C=O) groups excluding carboxylic acids is 1. The van der Waals surface area contributed by atoms with Gasteiger partial charge in [-0.05, 0) is 49.7 Å². The number of hydrogen-bond acceptors (Lipinski definition) is 4. The second kappa shape index (κ2) is 10.5. The van der Waals surface area contributed by atoms with Gasteiger partial charge in [0.15, 0.2) is 5.69 Å². The minimum Gasteiger partial charge on any atom is -0.368 e. The van der Waals surface area contributed by atoms with Crippen molar-refractivity contribution in [3.8, 4) is 0 Å². The fourth-order valence-corrected chi connectivity index (χ4v) is 4.37. The number of unbranched alkanes of at least 4 members (excludes halogenated alkanes) is 2. The number of aromatic nitrogens is 2. The number of piperazine rings is 1. The van der Waals surface area contributed by atoms with Crippen molar-refractivity contribution in [2.75, 3.05) is 44.2 Å². The van der Waals surface area contributed by atoms with Gasteiger partial charge in [0, 0.05) is 32.7 Å².